The zero-order valence-corrected chi connectivity index (χ0v) is 13.2. The Bertz CT molecular complexity index is 806. The summed E-state index contributed by atoms with van der Waals surface area (Å²) < 4.78 is 30.9. The summed E-state index contributed by atoms with van der Waals surface area (Å²) in [6.45, 7) is -0.0289. The van der Waals surface area contributed by atoms with Gasteiger partial charge in [0.1, 0.15) is 4.21 Å². The molecule has 8 nitrogen and oxygen atoms in total. The summed E-state index contributed by atoms with van der Waals surface area (Å²) in [5.41, 5.74) is -0.0486. The van der Waals surface area contributed by atoms with E-state index in [-0.39, 0.29) is 16.3 Å². The molecule has 0 aromatic carbocycles. The van der Waals surface area contributed by atoms with Gasteiger partial charge in [0.05, 0.1) is 12.1 Å². The van der Waals surface area contributed by atoms with Crippen LogP contribution >= 0.6 is 11.3 Å². The average Bonchev–Trinajstić information content (AvgIpc) is 3.01. The Morgan fingerprint density at radius 3 is 2.86 bits per heavy atom. The topological polar surface area (TPSA) is 114 Å². The zero-order chi connectivity index (χ0) is 15.9. The molecule has 2 aromatic heterocycles. The van der Waals surface area contributed by atoms with E-state index in [4.69, 9.17) is 9.63 Å². The van der Waals surface area contributed by atoms with E-state index >= 15 is 0 Å². The molecule has 2 heterocycles. The molecule has 0 unspecified atom stereocenters. The third-order valence-corrected chi connectivity index (χ3v) is 6.48. The summed E-state index contributed by atoms with van der Waals surface area (Å²) in [5, 5.41) is 13.9. The molecule has 1 fully saturated rings. The lowest BCUT2D eigenvalue weighted by molar-refractivity contribution is 0.0697. The van der Waals surface area contributed by atoms with Crippen LogP contribution in [-0.4, -0.2) is 41.0 Å². The molecule has 118 valence electrons. The molecule has 0 aliphatic heterocycles. The van der Waals surface area contributed by atoms with Crippen molar-refractivity contribution in [1.29, 1.82) is 0 Å². The van der Waals surface area contributed by atoms with Crippen LogP contribution in [0.2, 0.25) is 0 Å². The number of sulfonamides is 1. The Morgan fingerprint density at radius 1 is 1.55 bits per heavy atom. The summed E-state index contributed by atoms with van der Waals surface area (Å²) in [6.07, 6.45) is 2.03. The number of aromatic carboxylic acids is 1. The second kappa shape index (κ2) is 5.45. The summed E-state index contributed by atoms with van der Waals surface area (Å²) >= 11 is 0.869. The number of carboxylic acids is 1. The second-order valence-electron chi connectivity index (χ2n) is 5.04. The van der Waals surface area contributed by atoms with Gasteiger partial charge in [0.25, 0.3) is 10.0 Å². The molecule has 0 bridgehead atoms. The first-order valence-electron chi connectivity index (χ1n) is 6.48. The Labute approximate surface area is 130 Å². The van der Waals surface area contributed by atoms with Crippen LogP contribution in [-0.2, 0) is 16.6 Å². The zero-order valence-electron chi connectivity index (χ0n) is 11.6. The van der Waals surface area contributed by atoms with Crippen LogP contribution in [0, 0.1) is 0 Å². The first kappa shape index (κ1) is 15.1. The Hall–Kier alpha value is -1.78. The van der Waals surface area contributed by atoms with Crippen molar-refractivity contribution < 1.29 is 22.8 Å². The van der Waals surface area contributed by atoms with Crippen LogP contribution < -0.4 is 0 Å². The minimum atomic E-state index is -3.78. The lowest BCUT2D eigenvalue weighted by Crippen LogP contribution is -2.26. The molecule has 2 aromatic rings. The molecule has 0 spiro atoms. The average molecular weight is 343 g/mol. The van der Waals surface area contributed by atoms with Crippen molar-refractivity contribution in [2.24, 2.45) is 0 Å². The number of nitrogens with zero attached hydrogens (tertiary/aromatic N) is 3. The summed E-state index contributed by atoms with van der Waals surface area (Å²) in [7, 11) is -2.39. The summed E-state index contributed by atoms with van der Waals surface area (Å²) in [6, 6.07) is 1.14. The number of hydrogen-bond donors (Lipinski definition) is 1. The van der Waals surface area contributed by atoms with Gasteiger partial charge in [-0.2, -0.15) is 9.29 Å². The van der Waals surface area contributed by atoms with Gasteiger partial charge < -0.3 is 9.63 Å². The molecule has 1 saturated carbocycles. The van der Waals surface area contributed by atoms with Crippen molar-refractivity contribution in [3.63, 3.8) is 0 Å². The van der Waals surface area contributed by atoms with Crippen LogP contribution in [0.1, 0.15) is 40.8 Å². The summed E-state index contributed by atoms with van der Waals surface area (Å²) in [4.78, 5) is 15.0. The van der Waals surface area contributed by atoms with Crippen molar-refractivity contribution in [2.45, 2.75) is 29.5 Å². The maximum Gasteiger partial charge on any atom is 0.336 e. The molecule has 0 amide bonds. The van der Waals surface area contributed by atoms with E-state index in [1.807, 2.05) is 0 Å². The van der Waals surface area contributed by atoms with Gasteiger partial charge in [-0.1, -0.05) is 5.16 Å². The maximum absolute atomic E-state index is 12.4. The normalized spacial score (nSPS) is 15.4. The van der Waals surface area contributed by atoms with E-state index in [1.54, 1.807) is 0 Å². The third-order valence-electron chi connectivity index (χ3n) is 3.26. The minimum absolute atomic E-state index is 0.0289. The molecule has 0 atom stereocenters. The Morgan fingerprint density at radius 2 is 2.27 bits per heavy atom. The smallest absolute Gasteiger partial charge is 0.336 e. The van der Waals surface area contributed by atoms with Gasteiger partial charge in [0.15, 0.2) is 5.82 Å². The number of thiophene rings is 1. The van der Waals surface area contributed by atoms with Crippen LogP contribution in [0.3, 0.4) is 0 Å². The highest BCUT2D eigenvalue weighted by molar-refractivity contribution is 7.91. The number of hydrogen-bond acceptors (Lipinski definition) is 7. The highest BCUT2D eigenvalue weighted by Crippen LogP contribution is 2.38. The first-order valence-corrected chi connectivity index (χ1v) is 8.80. The van der Waals surface area contributed by atoms with Crippen LogP contribution in [0.5, 0.6) is 0 Å². The van der Waals surface area contributed by atoms with E-state index in [0.717, 1.165) is 34.6 Å². The predicted molar refractivity (Wildman–Crippen MR) is 76.2 cm³/mol. The molecule has 1 aliphatic carbocycles. The maximum atomic E-state index is 12.4. The SMILES string of the molecule is CN(Cc1noc(C2CC2)n1)S(=O)(=O)c1cc(C(=O)O)cs1. The predicted octanol–water partition coefficient (Wildman–Crippen LogP) is 1.53. The van der Waals surface area contributed by atoms with E-state index in [2.05, 4.69) is 10.1 Å². The monoisotopic (exact) mass is 343 g/mol. The Balaban J connectivity index is 1.76. The van der Waals surface area contributed by atoms with Crippen molar-refractivity contribution in [2.75, 3.05) is 7.05 Å². The van der Waals surface area contributed by atoms with E-state index in [1.165, 1.54) is 12.4 Å². The highest BCUT2D eigenvalue weighted by Gasteiger charge is 2.31. The lowest BCUT2D eigenvalue weighted by atomic mass is 10.4. The van der Waals surface area contributed by atoms with Gasteiger partial charge in [-0.3, -0.25) is 0 Å². The largest absolute Gasteiger partial charge is 0.478 e. The number of rotatable bonds is 6. The van der Waals surface area contributed by atoms with E-state index < -0.39 is 16.0 Å². The van der Waals surface area contributed by atoms with Crippen molar-refractivity contribution >= 4 is 27.3 Å². The van der Waals surface area contributed by atoms with Crippen molar-refractivity contribution in [3.05, 3.63) is 28.7 Å². The molecule has 1 aliphatic rings. The Kier molecular flexibility index (Phi) is 3.75. The van der Waals surface area contributed by atoms with Crippen LogP contribution in [0.15, 0.2) is 20.2 Å². The van der Waals surface area contributed by atoms with Gasteiger partial charge in [0, 0.05) is 18.3 Å². The van der Waals surface area contributed by atoms with Crippen molar-refractivity contribution in [3.8, 4) is 0 Å². The molecule has 3 rings (SSSR count). The van der Waals surface area contributed by atoms with E-state index in [9.17, 15) is 13.2 Å². The molecule has 0 radical (unpaired) electrons. The standard InChI is InChI=1S/C12H13N3O5S2/c1-15(5-9-13-11(20-14-9)7-2-3-7)22(18,19)10-4-8(6-21-10)12(16)17/h4,6-7H,2-3,5H2,1H3,(H,16,17). The van der Waals surface area contributed by atoms with Gasteiger partial charge in [-0.25, -0.2) is 13.2 Å². The second-order valence-corrected chi connectivity index (χ2v) is 8.23. The molecule has 10 heteroatoms. The van der Waals surface area contributed by atoms with Gasteiger partial charge in [0.2, 0.25) is 5.89 Å². The highest BCUT2D eigenvalue weighted by atomic mass is 32.2. The van der Waals surface area contributed by atoms with Gasteiger partial charge >= 0.3 is 5.97 Å². The first-order chi connectivity index (χ1) is 10.4. The van der Waals surface area contributed by atoms with Gasteiger partial charge in [-0.05, 0) is 18.9 Å². The van der Waals surface area contributed by atoms with Gasteiger partial charge in [-0.15, -0.1) is 11.3 Å². The fraction of sp³-hybridized carbons (Fsp3) is 0.417. The quantitative estimate of drug-likeness (QED) is 0.846. The fourth-order valence-electron chi connectivity index (χ4n) is 1.83. The molecular formula is C12H13N3O5S2. The molecular weight excluding hydrogens is 330 g/mol. The van der Waals surface area contributed by atoms with Crippen LogP contribution in [0.4, 0.5) is 0 Å². The number of carbonyl (C=O) groups is 1. The third kappa shape index (κ3) is 2.89. The molecule has 1 N–H and O–H groups in total. The minimum Gasteiger partial charge on any atom is -0.478 e. The van der Waals surface area contributed by atoms with E-state index in [0.29, 0.717) is 17.6 Å². The molecule has 0 saturated heterocycles. The van der Waals surface area contributed by atoms with Crippen molar-refractivity contribution in [1.82, 2.24) is 14.4 Å². The number of aromatic nitrogens is 2. The fourth-order valence-corrected chi connectivity index (χ4v) is 4.32. The van der Waals surface area contributed by atoms with Crippen LogP contribution in [0.25, 0.3) is 0 Å². The number of carboxylic acid groups (broad SMARTS) is 1. The summed E-state index contributed by atoms with van der Waals surface area (Å²) in [5.74, 6) is -0.0146. The molecule has 22 heavy (non-hydrogen) atoms. The lowest BCUT2D eigenvalue weighted by Gasteiger charge is -2.13.